The number of nitrogens with two attached hydrogens (primary N) is 1. The summed E-state index contributed by atoms with van der Waals surface area (Å²) in [5, 5.41) is 0. The number of hydrogen-bond acceptors (Lipinski definition) is 4. The number of halogens is 2. The number of carbonyl (C=O) groups excluding carboxylic acids is 1. The summed E-state index contributed by atoms with van der Waals surface area (Å²) in [6.45, 7) is 7.79. The molecule has 1 aromatic carbocycles. The van der Waals surface area contributed by atoms with Gasteiger partial charge in [-0.05, 0) is 37.5 Å². The zero-order chi connectivity index (χ0) is 18.8. The Bertz CT molecular complexity index is 668. The second kappa shape index (κ2) is 14.2. The highest BCUT2D eigenvalue weighted by molar-refractivity contribution is 5.94. The van der Waals surface area contributed by atoms with Crippen molar-refractivity contribution < 1.29 is 4.79 Å². The van der Waals surface area contributed by atoms with Gasteiger partial charge in [0.2, 0.25) is 0 Å². The molecule has 0 fully saturated rings. The number of pyridine rings is 1. The van der Waals surface area contributed by atoms with Crippen LogP contribution in [0.15, 0.2) is 48.7 Å². The molecule has 1 aromatic heterocycles. The summed E-state index contributed by atoms with van der Waals surface area (Å²) in [6.07, 6.45) is 3.57. The summed E-state index contributed by atoms with van der Waals surface area (Å²) in [6, 6.07) is 14.0. The summed E-state index contributed by atoms with van der Waals surface area (Å²) in [5.41, 5.74) is 7.54. The number of hydrogen-bond donors (Lipinski definition) is 1. The Hall–Kier alpha value is -1.82. The van der Waals surface area contributed by atoms with Crippen molar-refractivity contribution in [3.63, 3.8) is 0 Å². The molecule has 2 rings (SSSR count). The van der Waals surface area contributed by atoms with Gasteiger partial charge in [0.1, 0.15) is 5.82 Å². The van der Waals surface area contributed by atoms with Crippen molar-refractivity contribution in [3.05, 3.63) is 59.8 Å². The standard InChI is InChI=1S/C21H30N4O.2ClH/c1-3-14-24(4-2)20-11-10-19(17-23-20)21(26)25(16-13-22)15-12-18-8-6-5-7-9-18;;/h5-11,17H,3-4,12-16,22H2,1-2H3;2*1H. The molecule has 0 atom stereocenters. The van der Waals surface area contributed by atoms with Gasteiger partial charge < -0.3 is 15.5 Å². The lowest BCUT2D eigenvalue weighted by atomic mass is 10.1. The largest absolute Gasteiger partial charge is 0.357 e. The van der Waals surface area contributed by atoms with Crippen LogP contribution in [0.1, 0.15) is 36.2 Å². The van der Waals surface area contributed by atoms with Crippen LogP contribution in [0.3, 0.4) is 0 Å². The molecule has 5 nitrogen and oxygen atoms in total. The first kappa shape index (κ1) is 26.2. The lowest BCUT2D eigenvalue weighted by molar-refractivity contribution is 0.0761. The molecule has 0 aliphatic rings. The van der Waals surface area contributed by atoms with E-state index in [-0.39, 0.29) is 30.7 Å². The van der Waals surface area contributed by atoms with Crippen LogP contribution < -0.4 is 10.6 Å². The smallest absolute Gasteiger partial charge is 0.255 e. The van der Waals surface area contributed by atoms with Gasteiger partial charge in [0, 0.05) is 38.9 Å². The second-order valence-electron chi connectivity index (χ2n) is 6.30. The highest BCUT2D eigenvalue weighted by Crippen LogP contribution is 2.13. The number of amides is 1. The van der Waals surface area contributed by atoms with E-state index < -0.39 is 0 Å². The van der Waals surface area contributed by atoms with Gasteiger partial charge in [0.05, 0.1) is 5.56 Å². The maximum atomic E-state index is 12.8. The molecule has 1 heterocycles. The lowest BCUT2D eigenvalue weighted by Crippen LogP contribution is -2.37. The average molecular weight is 427 g/mol. The summed E-state index contributed by atoms with van der Waals surface area (Å²) >= 11 is 0. The molecule has 28 heavy (non-hydrogen) atoms. The predicted octanol–water partition coefficient (Wildman–Crippen LogP) is 3.81. The summed E-state index contributed by atoms with van der Waals surface area (Å²) in [5.74, 6) is 0.907. The minimum absolute atomic E-state index is 0. The van der Waals surface area contributed by atoms with E-state index in [4.69, 9.17) is 5.73 Å². The number of benzene rings is 1. The van der Waals surface area contributed by atoms with Crippen LogP contribution in [-0.4, -0.2) is 48.5 Å². The number of aromatic nitrogens is 1. The van der Waals surface area contributed by atoms with Gasteiger partial charge >= 0.3 is 0 Å². The van der Waals surface area contributed by atoms with E-state index in [0.29, 0.717) is 25.2 Å². The minimum Gasteiger partial charge on any atom is -0.357 e. The third-order valence-corrected chi connectivity index (χ3v) is 4.39. The summed E-state index contributed by atoms with van der Waals surface area (Å²) < 4.78 is 0. The number of carbonyl (C=O) groups is 1. The zero-order valence-corrected chi connectivity index (χ0v) is 18.3. The van der Waals surface area contributed by atoms with Crippen molar-refractivity contribution in [2.24, 2.45) is 5.73 Å². The van der Waals surface area contributed by atoms with Gasteiger partial charge in [-0.15, -0.1) is 24.8 Å². The van der Waals surface area contributed by atoms with Crippen LogP contribution >= 0.6 is 24.8 Å². The molecule has 2 N–H and O–H groups in total. The lowest BCUT2D eigenvalue weighted by Gasteiger charge is -2.23. The SMILES string of the molecule is CCCN(CC)c1ccc(C(=O)N(CCN)CCc2ccccc2)cn1.Cl.Cl. The molecule has 0 unspecified atom stereocenters. The monoisotopic (exact) mass is 426 g/mol. The molecule has 0 saturated heterocycles. The first-order valence-corrected chi connectivity index (χ1v) is 9.43. The Labute approximate surface area is 181 Å². The number of rotatable bonds is 10. The second-order valence-corrected chi connectivity index (χ2v) is 6.30. The Morgan fingerprint density at radius 1 is 1.00 bits per heavy atom. The maximum absolute atomic E-state index is 12.8. The van der Waals surface area contributed by atoms with Crippen molar-refractivity contribution in [1.29, 1.82) is 0 Å². The van der Waals surface area contributed by atoms with Crippen LogP contribution in [0.5, 0.6) is 0 Å². The topological polar surface area (TPSA) is 62.5 Å². The number of nitrogens with zero attached hydrogens (tertiary/aromatic N) is 3. The van der Waals surface area contributed by atoms with E-state index >= 15 is 0 Å². The highest BCUT2D eigenvalue weighted by atomic mass is 35.5. The molecule has 156 valence electrons. The average Bonchev–Trinajstić information content (AvgIpc) is 2.69. The first-order valence-electron chi connectivity index (χ1n) is 9.43. The van der Waals surface area contributed by atoms with E-state index in [0.717, 1.165) is 31.7 Å². The Kier molecular flexibility index (Phi) is 13.3. The van der Waals surface area contributed by atoms with Crippen molar-refractivity contribution >= 4 is 36.5 Å². The molecule has 0 radical (unpaired) electrons. The zero-order valence-electron chi connectivity index (χ0n) is 16.7. The molecular formula is C21H32Cl2N4O. The fourth-order valence-corrected chi connectivity index (χ4v) is 2.97. The Balaban J connectivity index is 0.00000364. The van der Waals surface area contributed by atoms with Crippen LogP contribution in [0, 0.1) is 0 Å². The van der Waals surface area contributed by atoms with Crippen molar-refractivity contribution in [1.82, 2.24) is 9.88 Å². The van der Waals surface area contributed by atoms with Crippen LogP contribution in [-0.2, 0) is 6.42 Å². The normalized spacial score (nSPS) is 9.82. The summed E-state index contributed by atoms with van der Waals surface area (Å²) in [7, 11) is 0. The molecule has 0 saturated carbocycles. The first-order chi connectivity index (χ1) is 12.7. The third-order valence-electron chi connectivity index (χ3n) is 4.39. The predicted molar refractivity (Wildman–Crippen MR) is 122 cm³/mol. The molecule has 0 spiro atoms. The molecule has 0 bridgehead atoms. The minimum atomic E-state index is -0.0102. The number of anilines is 1. The van der Waals surface area contributed by atoms with Gasteiger partial charge in [-0.2, -0.15) is 0 Å². The van der Waals surface area contributed by atoms with E-state index in [2.05, 4.69) is 35.9 Å². The van der Waals surface area contributed by atoms with E-state index in [1.807, 2.05) is 35.2 Å². The van der Waals surface area contributed by atoms with Gasteiger partial charge in [0.15, 0.2) is 0 Å². The Morgan fingerprint density at radius 2 is 1.71 bits per heavy atom. The molecular weight excluding hydrogens is 395 g/mol. The van der Waals surface area contributed by atoms with Gasteiger partial charge in [-0.25, -0.2) is 4.98 Å². The molecule has 0 aliphatic carbocycles. The van der Waals surface area contributed by atoms with Crippen molar-refractivity contribution in [2.45, 2.75) is 26.7 Å². The molecule has 2 aromatic rings. The highest BCUT2D eigenvalue weighted by Gasteiger charge is 2.16. The van der Waals surface area contributed by atoms with E-state index in [1.54, 1.807) is 6.20 Å². The Morgan fingerprint density at radius 3 is 2.25 bits per heavy atom. The fraction of sp³-hybridized carbons (Fsp3) is 0.429. The fourth-order valence-electron chi connectivity index (χ4n) is 2.97. The van der Waals surface area contributed by atoms with E-state index in [1.165, 1.54) is 5.56 Å². The molecule has 7 heteroatoms. The maximum Gasteiger partial charge on any atom is 0.255 e. The van der Waals surface area contributed by atoms with Gasteiger partial charge in [-0.3, -0.25) is 4.79 Å². The molecule has 1 amide bonds. The third kappa shape index (κ3) is 7.66. The van der Waals surface area contributed by atoms with E-state index in [9.17, 15) is 4.79 Å². The van der Waals surface area contributed by atoms with Crippen molar-refractivity contribution in [2.75, 3.05) is 37.6 Å². The van der Waals surface area contributed by atoms with Gasteiger partial charge in [-0.1, -0.05) is 37.3 Å². The summed E-state index contributed by atoms with van der Waals surface area (Å²) in [4.78, 5) is 21.4. The quantitative estimate of drug-likeness (QED) is 0.627. The van der Waals surface area contributed by atoms with Crippen LogP contribution in [0.4, 0.5) is 5.82 Å². The van der Waals surface area contributed by atoms with Crippen LogP contribution in [0.25, 0.3) is 0 Å². The molecule has 0 aliphatic heterocycles. The van der Waals surface area contributed by atoms with Crippen LogP contribution in [0.2, 0.25) is 0 Å². The van der Waals surface area contributed by atoms with Gasteiger partial charge in [0.25, 0.3) is 5.91 Å². The van der Waals surface area contributed by atoms with Crippen molar-refractivity contribution in [3.8, 4) is 0 Å².